The lowest BCUT2D eigenvalue weighted by Crippen LogP contribution is -2.22. The second-order valence-electron chi connectivity index (χ2n) is 5.01. The van der Waals surface area contributed by atoms with Gasteiger partial charge in [-0.25, -0.2) is 0 Å². The molecule has 1 N–H and O–H groups in total. The van der Waals surface area contributed by atoms with E-state index >= 15 is 0 Å². The normalized spacial score (nSPS) is 23.7. The van der Waals surface area contributed by atoms with E-state index in [0.717, 1.165) is 26.2 Å². The zero-order valence-electron chi connectivity index (χ0n) is 10.4. The van der Waals surface area contributed by atoms with Gasteiger partial charge in [-0.05, 0) is 24.0 Å². The maximum atomic E-state index is 5.41. The van der Waals surface area contributed by atoms with Crippen LogP contribution in [0.5, 0.6) is 0 Å². The number of para-hydroxylation sites is 1. The number of rotatable bonds is 3. The zero-order chi connectivity index (χ0) is 11.7. The third-order valence-electron chi connectivity index (χ3n) is 3.89. The van der Waals surface area contributed by atoms with Crippen LogP contribution in [0.15, 0.2) is 18.2 Å². The van der Waals surface area contributed by atoms with Gasteiger partial charge in [0.05, 0.1) is 6.10 Å². The van der Waals surface area contributed by atoms with Crippen molar-refractivity contribution in [2.75, 3.05) is 32.1 Å². The van der Waals surface area contributed by atoms with Gasteiger partial charge in [-0.15, -0.1) is 0 Å². The van der Waals surface area contributed by atoms with Gasteiger partial charge in [0, 0.05) is 39.0 Å². The summed E-state index contributed by atoms with van der Waals surface area (Å²) in [5.41, 5.74) is 4.30. The number of methoxy groups -OCH3 is 1. The van der Waals surface area contributed by atoms with E-state index in [2.05, 4.69) is 28.4 Å². The van der Waals surface area contributed by atoms with Crippen LogP contribution in [0.3, 0.4) is 0 Å². The number of ether oxygens (including phenoxy) is 1. The summed E-state index contributed by atoms with van der Waals surface area (Å²) in [6, 6.07) is 6.67. The summed E-state index contributed by atoms with van der Waals surface area (Å²) in [6.45, 7) is 4.37. The maximum Gasteiger partial charge on any atom is 0.0710 e. The van der Waals surface area contributed by atoms with Gasteiger partial charge in [-0.3, -0.25) is 4.90 Å². The topological polar surface area (TPSA) is 24.5 Å². The molecule has 2 heterocycles. The predicted octanol–water partition coefficient (Wildman–Crippen LogP) is 1.88. The minimum Gasteiger partial charge on any atom is -0.384 e. The Labute approximate surface area is 103 Å². The monoisotopic (exact) mass is 232 g/mol. The van der Waals surface area contributed by atoms with E-state index in [1.54, 1.807) is 0 Å². The van der Waals surface area contributed by atoms with E-state index in [-0.39, 0.29) is 0 Å². The number of hydrogen-bond donors (Lipinski definition) is 1. The third-order valence-corrected chi connectivity index (χ3v) is 3.89. The van der Waals surface area contributed by atoms with Crippen molar-refractivity contribution in [3.63, 3.8) is 0 Å². The van der Waals surface area contributed by atoms with E-state index in [9.17, 15) is 0 Å². The molecule has 0 saturated carbocycles. The average Bonchev–Trinajstić information content (AvgIpc) is 2.97. The van der Waals surface area contributed by atoms with Gasteiger partial charge < -0.3 is 10.1 Å². The van der Waals surface area contributed by atoms with Gasteiger partial charge in [0.25, 0.3) is 0 Å². The number of anilines is 1. The molecule has 0 aromatic heterocycles. The van der Waals surface area contributed by atoms with E-state index in [0.29, 0.717) is 6.10 Å². The Morgan fingerprint density at radius 1 is 1.47 bits per heavy atom. The van der Waals surface area contributed by atoms with Crippen LogP contribution in [0.1, 0.15) is 17.5 Å². The fourth-order valence-electron chi connectivity index (χ4n) is 2.92. The van der Waals surface area contributed by atoms with Crippen LogP contribution in [0, 0.1) is 0 Å². The summed E-state index contributed by atoms with van der Waals surface area (Å²) in [4.78, 5) is 2.49. The molecule has 3 nitrogen and oxygen atoms in total. The van der Waals surface area contributed by atoms with Gasteiger partial charge in [0.1, 0.15) is 0 Å². The highest BCUT2D eigenvalue weighted by molar-refractivity contribution is 5.61. The summed E-state index contributed by atoms with van der Waals surface area (Å²) < 4.78 is 5.41. The molecule has 1 aromatic carbocycles. The molecule has 1 aromatic rings. The number of fused-ring (bicyclic) bond motifs is 1. The van der Waals surface area contributed by atoms with Crippen LogP contribution in [0.4, 0.5) is 5.69 Å². The fraction of sp³-hybridized carbons (Fsp3) is 0.571. The van der Waals surface area contributed by atoms with Crippen molar-refractivity contribution in [2.45, 2.75) is 25.5 Å². The van der Waals surface area contributed by atoms with Crippen LogP contribution in [-0.4, -0.2) is 37.7 Å². The second kappa shape index (κ2) is 4.67. The van der Waals surface area contributed by atoms with Gasteiger partial charge in [0.15, 0.2) is 0 Å². The van der Waals surface area contributed by atoms with Crippen molar-refractivity contribution in [3.05, 3.63) is 29.3 Å². The lowest BCUT2D eigenvalue weighted by Gasteiger charge is -2.18. The Bertz CT molecular complexity index is 405. The van der Waals surface area contributed by atoms with Gasteiger partial charge >= 0.3 is 0 Å². The second-order valence-corrected chi connectivity index (χ2v) is 5.01. The van der Waals surface area contributed by atoms with Crippen molar-refractivity contribution in [1.29, 1.82) is 0 Å². The first-order chi connectivity index (χ1) is 8.36. The Kier molecular flexibility index (Phi) is 3.04. The number of benzene rings is 1. The van der Waals surface area contributed by atoms with E-state index in [4.69, 9.17) is 4.74 Å². The molecule has 1 atom stereocenters. The molecule has 1 unspecified atom stereocenters. The molecule has 2 aliphatic rings. The highest BCUT2D eigenvalue weighted by atomic mass is 16.5. The van der Waals surface area contributed by atoms with Crippen molar-refractivity contribution in [3.8, 4) is 0 Å². The molecule has 2 aliphatic heterocycles. The Morgan fingerprint density at radius 2 is 2.41 bits per heavy atom. The SMILES string of the molecule is COC1CCN(Cc2cccc3c2NCC3)C1. The Morgan fingerprint density at radius 3 is 3.24 bits per heavy atom. The molecule has 3 heteroatoms. The fourth-order valence-corrected chi connectivity index (χ4v) is 2.92. The van der Waals surface area contributed by atoms with Crippen LogP contribution in [0.25, 0.3) is 0 Å². The lowest BCUT2D eigenvalue weighted by molar-refractivity contribution is 0.107. The molecule has 1 saturated heterocycles. The first-order valence-corrected chi connectivity index (χ1v) is 6.46. The van der Waals surface area contributed by atoms with Crippen molar-refractivity contribution in [2.24, 2.45) is 0 Å². The zero-order valence-corrected chi connectivity index (χ0v) is 10.4. The Hall–Kier alpha value is -1.06. The molecule has 0 bridgehead atoms. The standard InChI is InChI=1S/C14H20N2O/c1-17-13-6-8-16(10-13)9-12-4-2-3-11-5-7-15-14(11)12/h2-4,13,15H,5-10H2,1H3. The van der Waals surface area contributed by atoms with Crippen molar-refractivity contribution in [1.82, 2.24) is 4.90 Å². The summed E-state index contributed by atoms with van der Waals surface area (Å²) >= 11 is 0. The van der Waals surface area contributed by atoms with Crippen LogP contribution in [0.2, 0.25) is 0 Å². The van der Waals surface area contributed by atoms with E-state index in [1.165, 1.54) is 29.7 Å². The van der Waals surface area contributed by atoms with Crippen LogP contribution >= 0.6 is 0 Å². The lowest BCUT2D eigenvalue weighted by atomic mass is 10.1. The molecule has 0 spiro atoms. The van der Waals surface area contributed by atoms with Crippen molar-refractivity contribution >= 4 is 5.69 Å². The Balaban J connectivity index is 1.72. The number of nitrogens with one attached hydrogen (secondary N) is 1. The molecule has 0 amide bonds. The maximum absolute atomic E-state index is 5.41. The minimum absolute atomic E-state index is 0.430. The molecule has 0 radical (unpaired) electrons. The molecule has 0 aliphatic carbocycles. The highest BCUT2D eigenvalue weighted by Crippen LogP contribution is 2.28. The molecule has 1 fully saturated rings. The minimum atomic E-state index is 0.430. The summed E-state index contributed by atoms with van der Waals surface area (Å²) in [5.74, 6) is 0. The highest BCUT2D eigenvalue weighted by Gasteiger charge is 2.23. The quantitative estimate of drug-likeness (QED) is 0.861. The molecule has 92 valence electrons. The summed E-state index contributed by atoms with van der Waals surface area (Å²) in [5, 5.41) is 3.51. The van der Waals surface area contributed by atoms with Crippen LogP contribution in [-0.2, 0) is 17.7 Å². The summed E-state index contributed by atoms with van der Waals surface area (Å²) in [6.07, 6.45) is 2.77. The largest absolute Gasteiger partial charge is 0.384 e. The first-order valence-electron chi connectivity index (χ1n) is 6.46. The number of hydrogen-bond acceptors (Lipinski definition) is 3. The van der Waals surface area contributed by atoms with Crippen LogP contribution < -0.4 is 5.32 Å². The van der Waals surface area contributed by atoms with Gasteiger partial charge in [-0.2, -0.15) is 0 Å². The molecular weight excluding hydrogens is 212 g/mol. The average molecular weight is 232 g/mol. The third kappa shape index (κ3) is 2.17. The van der Waals surface area contributed by atoms with Crippen molar-refractivity contribution < 1.29 is 4.74 Å². The summed E-state index contributed by atoms with van der Waals surface area (Å²) in [7, 11) is 1.82. The molecular formula is C14H20N2O. The van der Waals surface area contributed by atoms with Gasteiger partial charge in [-0.1, -0.05) is 18.2 Å². The van der Waals surface area contributed by atoms with Gasteiger partial charge in [0.2, 0.25) is 0 Å². The first kappa shape index (κ1) is 11.1. The smallest absolute Gasteiger partial charge is 0.0710 e. The van der Waals surface area contributed by atoms with E-state index < -0.39 is 0 Å². The number of likely N-dealkylation sites (tertiary alicyclic amines) is 1. The predicted molar refractivity (Wildman–Crippen MR) is 69.3 cm³/mol. The molecule has 3 rings (SSSR count). The molecule has 17 heavy (non-hydrogen) atoms. The number of nitrogens with zero attached hydrogens (tertiary/aromatic N) is 1. The van der Waals surface area contributed by atoms with E-state index in [1.807, 2.05) is 7.11 Å².